The van der Waals surface area contributed by atoms with Gasteiger partial charge in [0.25, 0.3) is 5.91 Å². The van der Waals surface area contributed by atoms with Gasteiger partial charge in [-0.15, -0.1) is 12.3 Å². The lowest BCUT2D eigenvalue weighted by Crippen LogP contribution is -2.24. The fraction of sp³-hybridized carbons (Fsp3) is 0.308. The van der Waals surface area contributed by atoms with E-state index in [9.17, 15) is 4.79 Å². The highest BCUT2D eigenvalue weighted by molar-refractivity contribution is 5.94. The summed E-state index contributed by atoms with van der Waals surface area (Å²) < 4.78 is 0. The number of benzene rings is 1. The van der Waals surface area contributed by atoms with Crippen LogP contribution in [0.5, 0.6) is 0 Å². The summed E-state index contributed by atoms with van der Waals surface area (Å²) in [5.41, 5.74) is 6.78. The second-order valence-electron chi connectivity index (χ2n) is 3.54. The summed E-state index contributed by atoms with van der Waals surface area (Å²) in [6.45, 7) is 0.648. The normalized spacial score (nSPS) is 9.44. The van der Waals surface area contributed by atoms with Gasteiger partial charge in [0, 0.05) is 24.2 Å². The summed E-state index contributed by atoms with van der Waals surface area (Å²) in [7, 11) is 0. The third kappa shape index (κ3) is 4.05. The molecule has 0 saturated carbocycles. The molecule has 0 heterocycles. The predicted molar refractivity (Wildman–Crippen MR) is 65.9 cm³/mol. The molecule has 0 bridgehead atoms. The number of unbranched alkanes of at least 4 members (excludes halogenated alkanes) is 2. The van der Waals surface area contributed by atoms with Crippen LogP contribution in [0.4, 0.5) is 5.69 Å². The fourth-order valence-corrected chi connectivity index (χ4v) is 1.34. The average Bonchev–Trinajstić information content (AvgIpc) is 2.28. The highest BCUT2D eigenvalue weighted by Crippen LogP contribution is 2.06. The summed E-state index contributed by atoms with van der Waals surface area (Å²) in [4.78, 5) is 11.6. The number of carbonyl (C=O) groups is 1. The summed E-state index contributed by atoms with van der Waals surface area (Å²) in [6, 6.07) is 6.93. The molecule has 3 nitrogen and oxygen atoms in total. The molecule has 1 rings (SSSR count). The van der Waals surface area contributed by atoms with E-state index in [1.54, 1.807) is 24.3 Å². The molecule has 84 valence electrons. The highest BCUT2D eigenvalue weighted by atomic mass is 16.1. The molecule has 0 aliphatic carbocycles. The Morgan fingerprint density at radius 3 is 2.94 bits per heavy atom. The van der Waals surface area contributed by atoms with Gasteiger partial charge in [-0.1, -0.05) is 6.07 Å². The van der Waals surface area contributed by atoms with E-state index >= 15 is 0 Å². The summed E-state index contributed by atoms with van der Waals surface area (Å²) >= 11 is 0. The van der Waals surface area contributed by atoms with Crippen LogP contribution < -0.4 is 11.1 Å². The zero-order valence-corrected chi connectivity index (χ0v) is 9.20. The number of nitrogens with one attached hydrogen (secondary N) is 1. The van der Waals surface area contributed by atoms with Gasteiger partial charge in [-0.05, 0) is 31.0 Å². The molecule has 1 aromatic carbocycles. The molecule has 3 N–H and O–H groups in total. The molecule has 0 atom stereocenters. The lowest BCUT2D eigenvalue weighted by Gasteiger charge is -2.04. The first kappa shape index (κ1) is 12.1. The molecular formula is C13H16N2O. The van der Waals surface area contributed by atoms with Crippen molar-refractivity contribution in [1.82, 2.24) is 5.32 Å². The van der Waals surface area contributed by atoms with Crippen LogP contribution in [0.25, 0.3) is 0 Å². The summed E-state index contributed by atoms with van der Waals surface area (Å²) in [5.74, 6) is 2.48. The number of amides is 1. The Balaban J connectivity index is 2.33. The molecule has 1 aromatic rings. The van der Waals surface area contributed by atoms with Crippen molar-refractivity contribution in [3.8, 4) is 12.3 Å². The van der Waals surface area contributed by atoms with E-state index in [-0.39, 0.29) is 5.91 Å². The van der Waals surface area contributed by atoms with Crippen LogP contribution in [0.1, 0.15) is 29.6 Å². The van der Waals surface area contributed by atoms with Crippen LogP contribution in [0.2, 0.25) is 0 Å². The van der Waals surface area contributed by atoms with E-state index in [0.29, 0.717) is 17.8 Å². The number of rotatable bonds is 5. The van der Waals surface area contributed by atoms with Gasteiger partial charge in [-0.2, -0.15) is 0 Å². The molecule has 0 fully saturated rings. The number of terminal acetylenes is 1. The SMILES string of the molecule is C#CCCCCNC(=O)c1cccc(N)c1. The monoisotopic (exact) mass is 216 g/mol. The topological polar surface area (TPSA) is 55.1 Å². The molecule has 0 saturated heterocycles. The quantitative estimate of drug-likeness (QED) is 0.448. The Morgan fingerprint density at radius 1 is 1.44 bits per heavy atom. The first-order chi connectivity index (χ1) is 7.74. The summed E-state index contributed by atoms with van der Waals surface area (Å²) in [5, 5.41) is 2.82. The fourth-order valence-electron chi connectivity index (χ4n) is 1.34. The standard InChI is InChI=1S/C13H16N2O/c1-2-3-4-5-9-15-13(16)11-7-6-8-12(14)10-11/h1,6-8,10H,3-5,9,14H2,(H,15,16). The second kappa shape index (κ2) is 6.52. The Labute approximate surface area is 96.0 Å². The Bertz CT molecular complexity index is 393. The van der Waals surface area contributed by atoms with Crippen molar-refractivity contribution in [1.29, 1.82) is 0 Å². The minimum Gasteiger partial charge on any atom is -0.399 e. The predicted octanol–water partition coefficient (Wildman–Crippen LogP) is 1.80. The van der Waals surface area contributed by atoms with E-state index < -0.39 is 0 Å². The van der Waals surface area contributed by atoms with E-state index in [4.69, 9.17) is 12.2 Å². The van der Waals surface area contributed by atoms with E-state index in [1.165, 1.54) is 0 Å². The van der Waals surface area contributed by atoms with Crippen LogP contribution in [0, 0.1) is 12.3 Å². The van der Waals surface area contributed by atoms with Crippen molar-refractivity contribution in [2.24, 2.45) is 0 Å². The zero-order chi connectivity index (χ0) is 11.8. The maximum Gasteiger partial charge on any atom is 0.251 e. The van der Waals surface area contributed by atoms with Crippen molar-refractivity contribution in [2.75, 3.05) is 12.3 Å². The molecule has 16 heavy (non-hydrogen) atoms. The third-order valence-corrected chi connectivity index (χ3v) is 2.18. The van der Waals surface area contributed by atoms with Gasteiger partial charge in [0.15, 0.2) is 0 Å². The van der Waals surface area contributed by atoms with Crippen molar-refractivity contribution >= 4 is 11.6 Å². The molecule has 0 radical (unpaired) electrons. The van der Waals surface area contributed by atoms with Crippen molar-refractivity contribution in [3.63, 3.8) is 0 Å². The average molecular weight is 216 g/mol. The number of hydrogen-bond donors (Lipinski definition) is 2. The van der Waals surface area contributed by atoms with Crippen molar-refractivity contribution in [2.45, 2.75) is 19.3 Å². The number of nitrogens with two attached hydrogens (primary N) is 1. The Morgan fingerprint density at radius 2 is 2.25 bits per heavy atom. The lowest BCUT2D eigenvalue weighted by molar-refractivity contribution is 0.0953. The van der Waals surface area contributed by atoms with Crippen molar-refractivity contribution in [3.05, 3.63) is 29.8 Å². The summed E-state index contributed by atoms with van der Waals surface area (Å²) in [6.07, 6.45) is 7.72. The number of carbonyl (C=O) groups excluding carboxylic acids is 1. The second-order valence-corrected chi connectivity index (χ2v) is 3.54. The van der Waals surface area contributed by atoms with Gasteiger partial charge in [0.2, 0.25) is 0 Å². The molecule has 0 unspecified atom stereocenters. The Hall–Kier alpha value is -1.95. The van der Waals surface area contributed by atoms with Crippen LogP contribution >= 0.6 is 0 Å². The molecular weight excluding hydrogens is 200 g/mol. The van der Waals surface area contributed by atoms with Crippen LogP contribution in [-0.2, 0) is 0 Å². The molecule has 0 spiro atoms. The Kier molecular flexibility index (Phi) is 4.94. The molecule has 0 aliphatic rings. The van der Waals surface area contributed by atoms with E-state index in [2.05, 4.69) is 11.2 Å². The molecule has 1 amide bonds. The molecule has 0 aromatic heterocycles. The van der Waals surface area contributed by atoms with Gasteiger partial charge < -0.3 is 11.1 Å². The van der Waals surface area contributed by atoms with Crippen LogP contribution in [0.15, 0.2) is 24.3 Å². The maximum absolute atomic E-state index is 11.6. The van der Waals surface area contributed by atoms with Crippen LogP contribution in [0.3, 0.4) is 0 Å². The minimum absolute atomic E-state index is 0.0898. The van der Waals surface area contributed by atoms with Gasteiger partial charge in [0.05, 0.1) is 0 Å². The van der Waals surface area contributed by atoms with Crippen LogP contribution in [-0.4, -0.2) is 12.5 Å². The minimum atomic E-state index is -0.0898. The first-order valence-corrected chi connectivity index (χ1v) is 5.31. The van der Waals surface area contributed by atoms with Gasteiger partial charge >= 0.3 is 0 Å². The third-order valence-electron chi connectivity index (χ3n) is 2.18. The van der Waals surface area contributed by atoms with Crippen molar-refractivity contribution < 1.29 is 4.79 Å². The molecule has 0 aliphatic heterocycles. The van der Waals surface area contributed by atoms with E-state index in [0.717, 1.165) is 19.3 Å². The van der Waals surface area contributed by atoms with E-state index in [1.807, 2.05) is 0 Å². The van der Waals surface area contributed by atoms with Gasteiger partial charge in [-0.25, -0.2) is 0 Å². The van der Waals surface area contributed by atoms with Gasteiger partial charge in [0.1, 0.15) is 0 Å². The largest absolute Gasteiger partial charge is 0.399 e. The highest BCUT2D eigenvalue weighted by Gasteiger charge is 2.03. The number of nitrogen functional groups attached to an aromatic ring is 1. The number of hydrogen-bond acceptors (Lipinski definition) is 2. The van der Waals surface area contributed by atoms with Gasteiger partial charge in [-0.3, -0.25) is 4.79 Å². The lowest BCUT2D eigenvalue weighted by atomic mass is 10.2. The smallest absolute Gasteiger partial charge is 0.251 e. The first-order valence-electron chi connectivity index (χ1n) is 5.31. The number of anilines is 1. The maximum atomic E-state index is 11.6. The zero-order valence-electron chi connectivity index (χ0n) is 9.20. The molecule has 3 heteroatoms.